The zero-order valence-electron chi connectivity index (χ0n) is 17.6. The lowest BCUT2D eigenvalue weighted by Crippen LogP contribution is -2.46. The van der Waals surface area contributed by atoms with Crippen molar-refractivity contribution in [3.8, 4) is 11.3 Å². The molecule has 0 fully saturated rings. The first-order chi connectivity index (χ1) is 14.9. The predicted octanol–water partition coefficient (Wildman–Crippen LogP) is 3.56. The van der Waals surface area contributed by atoms with Gasteiger partial charge in [0, 0.05) is 17.3 Å². The summed E-state index contributed by atoms with van der Waals surface area (Å²) in [6, 6.07) is 22.6. The van der Waals surface area contributed by atoms with Crippen molar-refractivity contribution in [2.45, 2.75) is 44.4 Å². The number of amides is 1. The summed E-state index contributed by atoms with van der Waals surface area (Å²) in [6.07, 6.45) is -0.775. The van der Waals surface area contributed by atoms with E-state index in [9.17, 15) is 15.0 Å². The molecule has 1 aromatic heterocycles. The first-order valence-electron chi connectivity index (χ1n) is 10.4. The van der Waals surface area contributed by atoms with E-state index in [-0.39, 0.29) is 6.04 Å². The molecule has 5 N–H and O–H groups in total. The van der Waals surface area contributed by atoms with E-state index in [2.05, 4.69) is 10.3 Å². The Morgan fingerprint density at radius 3 is 2.29 bits per heavy atom. The Kier molecular flexibility index (Phi) is 7.76. The maximum absolute atomic E-state index is 11.3. The molecule has 0 bridgehead atoms. The van der Waals surface area contributed by atoms with Gasteiger partial charge in [0.2, 0.25) is 0 Å². The van der Waals surface area contributed by atoms with Gasteiger partial charge >= 0.3 is 6.09 Å². The van der Waals surface area contributed by atoms with Crippen molar-refractivity contribution >= 4 is 6.09 Å². The summed E-state index contributed by atoms with van der Waals surface area (Å²) < 4.78 is 0. The summed E-state index contributed by atoms with van der Waals surface area (Å²) in [6.45, 7) is 1.95. The summed E-state index contributed by atoms with van der Waals surface area (Å²) in [5.41, 5.74) is 11.1. The highest BCUT2D eigenvalue weighted by molar-refractivity contribution is 5.65. The molecule has 1 heterocycles. The zero-order chi connectivity index (χ0) is 22.2. The molecule has 0 spiro atoms. The monoisotopic (exact) mass is 419 g/mol. The standard InChI is InChI=1S/C25H29N3O3/c1-17-6-5-9-22(27-17)20-12-10-19(11-13-20)15-23(28-25(30)31)24(29)16-21(26)14-18-7-3-2-4-8-18/h2-13,21,23-24,28-29H,14-16,26H2,1H3,(H,30,31)/t21-,23-,24+/m0/s1. The third kappa shape index (κ3) is 6.91. The Bertz CT molecular complexity index is 977. The maximum atomic E-state index is 11.3. The average molecular weight is 420 g/mol. The first-order valence-corrected chi connectivity index (χ1v) is 10.4. The van der Waals surface area contributed by atoms with Gasteiger partial charge in [0.15, 0.2) is 0 Å². The van der Waals surface area contributed by atoms with Crippen molar-refractivity contribution in [2.24, 2.45) is 5.73 Å². The van der Waals surface area contributed by atoms with E-state index < -0.39 is 18.2 Å². The minimum atomic E-state index is -1.17. The second-order valence-corrected chi connectivity index (χ2v) is 7.87. The normalized spacial score (nSPS) is 13.9. The second-order valence-electron chi connectivity index (χ2n) is 7.87. The Labute approximate surface area is 182 Å². The minimum absolute atomic E-state index is 0.273. The summed E-state index contributed by atoms with van der Waals surface area (Å²) in [5, 5.41) is 22.4. The van der Waals surface area contributed by atoms with Crippen LogP contribution in [0, 0.1) is 6.92 Å². The van der Waals surface area contributed by atoms with E-state index in [1.807, 2.05) is 79.7 Å². The quantitative estimate of drug-likeness (QED) is 0.424. The Balaban J connectivity index is 1.65. The number of aromatic nitrogens is 1. The van der Waals surface area contributed by atoms with Crippen LogP contribution in [0.4, 0.5) is 4.79 Å². The molecule has 162 valence electrons. The molecule has 0 aliphatic heterocycles. The Morgan fingerprint density at radius 1 is 0.968 bits per heavy atom. The van der Waals surface area contributed by atoms with Gasteiger partial charge in [-0.1, -0.05) is 60.7 Å². The number of rotatable bonds is 9. The lowest BCUT2D eigenvalue weighted by Gasteiger charge is -2.25. The number of hydrogen-bond acceptors (Lipinski definition) is 4. The number of aryl methyl sites for hydroxylation is 1. The first kappa shape index (κ1) is 22.5. The van der Waals surface area contributed by atoms with Gasteiger partial charge in [-0.3, -0.25) is 4.98 Å². The number of nitrogens with zero attached hydrogens (tertiary/aromatic N) is 1. The molecule has 0 radical (unpaired) electrons. The van der Waals surface area contributed by atoms with E-state index in [0.717, 1.165) is 28.1 Å². The van der Waals surface area contributed by atoms with Crippen molar-refractivity contribution < 1.29 is 15.0 Å². The van der Waals surface area contributed by atoms with Gasteiger partial charge in [0.1, 0.15) is 0 Å². The van der Waals surface area contributed by atoms with Crippen molar-refractivity contribution in [2.75, 3.05) is 0 Å². The van der Waals surface area contributed by atoms with Crippen molar-refractivity contribution in [1.29, 1.82) is 0 Å². The molecule has 6 heteroatoms. The summed E-state index contributed by atoms with van der Waals surface area (Å²) in [4.78, 5) is 15.8. The molecular weight excluding hydrogens is 390 g/mol. The SMILES string of the molecule is Cc1cccc(-c2ccc(C[C@H](NC(=O)O)[C@H](O)C[C@@H](N)Cc3ccccc3)cc2)n1. The second kappa shape index (κ2) is 10.7. The highest BCUT2D eigenvalue weighted by Crippen LogP contribution is 2.19. The largest absolute Gasteiger partial charge is 0.465 e. The molecule has 3 atom stereocenters. The summed E-state index contributed by atoms with van der Waals surface area (Å²) in [5.74, 6) is 0. The van der Waals surface area contributed by atoms with Gasteiger partial charge in [-0.15, -0.1) is 0 Å². The van der Waals surface area contributed by atoms with E-state index in [4.69, 9.17) is 5.73 Å². The van der Waals surface area contributed by atoms with Crippen LogP contribution < -0.4 is 11.1 Å². The molecule has 2 aromatic carbocycles. The molecule has 31 heavy (non-hydrogen) atoms. The predicted molar refractivity (Wildman–Crippen MR) is 122 cm³/mol. The van der Waals surface area contributed by atoms with Gasteiger partial charge < -0.3 is 21.3 Å². The maximum Gasteiger partial charge on any atom is 0.404 e. The van der Waals surface area contributed by atoms with E-state index in [1.54, 1.807) is 0 Å². The number of nitrogens with one attached hydrogen (secondary N) is 1. The van der Waals surface area contributed by atoms with Crippen LogP contribution in [0.2, 0.25) is 0 Å². The fourth-order valence-corrected chi connectivity index (χ4v) is 3.69. The minimum Gasteiger partial charge on any atom is -0.465 e. The van der Waals surface area contributed by atoms with Gasteiger partial charge in [-0.05, 0) is 49.4 Å². The summed E-state index contributed by atoms with van der Waals surface area (Å²) >= 11 is 0. The number of pyridine rings is 1. The summed E-state index contributed by atoms with van der Waals surface area (Å²) in [7, 11) is 0. The van der Waals surface area contributed by atoms with Crippen molar-refractivity contribution in [1.82, 2.24) is 10.3 Å². The number of carboxylic acid groups (broad SMARTS) is 1. The number of benzene rings is 2. The Morgan fingerprint density at radius 2 is 1.65 bits per heavy atom. The number of aliphatic hydroxyl groups is 1. The number of aliphatic hydroxyl groups excluding tert-OH is 1. The van der Waals surface area contributed by atoms with Gasteiger partial charge in [0.05, 0.1) is 17.8 Å². The van der Waals surface area contributed by atoms with Gasteiger partial charge in [0.25, 0.3) is 0 Å². The fraction of sp³-hybridized carbons (Fsp3) is 0.280. The molecule has 0 aliphatic carbocycles. The van der Waals surface area contributed by atoms with Crippen molar-refractivity contribution in [3.63, 3.8) is 0 Å². The third-order valence-corrected chi connectivity index (χ3v) is 5.25. The molecular formula is C25H29N3O3. The fourth-order valence-electron chi connectivity index (χ4n) is 3.69. The molecule has 0 unspecified atom stereocenters. The number of hydrogen-bond donors (Lipinski definition) is 4. The average Bonchev–Trinajstić information content (AvgIpc) is 2.74. The van der Waals surface area contributed by atoms with Crippen LogP contribution in [0.25, 0.3) is 11.3 Å². The van der Waals surface area contributed by atoms with Crippen LogP contribution in [0.5, 0.6) is 0 Å². The van der Waals surface area contributed by atoms with E-state index in [0.29, 0.717) is 19.3 Å². The zero-order valence-corrected chi connectivity index (χ0v) is 17.6. The van der Waals surface area contributed by atoms with E-state index in [1.165, 1.54) is 0 Å². The molecule has 6 nitrogen and oxygen atoms in total. The molecule has 0 aliphatic rings. The smallest absolute Gasteiger partial charge is 0.404 e. The van der Waals surface area contributed by atoms with Crippen LogP contribution in [-0.2, 0) is 12.8 Å². The van der Waals surface area contributed by atoms with Crippen LogP contribution in [0.15, 0.2) is 72.8 Å². The molecule has 3 aromatic rings. The molecule has 1 amide bonds. The lowest BCUT2D eigenvalue weighted by atomic mass is 9.94. The van der Waals surface area contributed by atoms with Crippen LogP contribution in [0.3, 0.4) is 0 Å². The van der Waals surface area contributed by atoms with E-state index >= 15 is 0 Å². The third-order valence-electron chi connectivity index (χ3n) is 5.25. The van der Waals surface area contributed by atoms with Crippen molar-refractivity contribution in [3.05, 3.63) is 89.6 Å². The molecule has 0 saturated heterocycles. The van der Waals surface area contributed by atoms with Crippen LogP contribution in [0.1, 0.15) is 23.2 Å². The highest BCUT2D eigenvalue weighted by Gasteiger charge is 2.24. The Hall–Kier alpha value is -3.22. The van der Waals surface area contributed by atoms with Crippen LogP contribution >= 0.6 is 0 Å². The number of nitrogens with two attached hydrogens (primary N) is 1. The number of carbonyl (C=O) groups is 1. The molecule has 0 saturated carbocycles. The lowest BCUT2D eigenvalue weighted by molar-refractivity contribution is 0.105. The highest BCUT2D eigenvalue weighted by atomic mass is 16.4. The van der Waals surface area contributed by atoms with Gasteiger partial charge in [-0.25, -0.2) is 4.79 Å². The van der Waals surface area contributed by atoms with Gasteiger partial charge in [-0.2, -0.15) is 0 Å². The molecule has 3 rings (SSSR count). The topological polar surface area (TPSA) is 108 Å². The van der Waals surface area contributed by atoms with Crippen LogP contribution in [-0.4, -0.2) is 39.5 Å².